The van der Waals surface area contributed by atoms with Gasteiger partial charge < -0.3 is 15.4 Å². The smallest absolute Gasteiger partial charge is 0.0656 e. The zero-order valence-electron chi connectivity index (χ0n) is 12.9. The predicted molar refractivity (Wildman–Crippen MR) is 84.3 cm³/mol. The molecular formula is C16H27N3O. The molecule has 0 radical (unpaired) electrons. The number of nitrogens with zero attached hydrogens (tertiary/aromatic N) is 2. The number of nitrogens with two attached hydrogens (primary N) is 1. The fourth-order valence-electron chi connectivity index (χ4n) is 2.92. The largest absolute Gasteiger partial charge is 0.383 e. The highest BCUT2D eigenvalue weighted by Gasteiger charge is 2.33. The predicted octanol–water partition coefficient (Wildman–Crippen LogP) is 1.48. The molecule has 1 unspecified atom stereocenters. The van der Waals surface area contributed by atoms with E-state index in [0.717, 1.165) is 26.2 Å². The van der Waals surface area contributed by atoms with E-state index >= 15 is 0 Å². The first-order valence-corrected chi connectivity index (χ1v) is 7.35. The molecule has 1 atom stereocenters. The van der Waals surface area contributed by atoms with Gasteiger partial charge in [0, 0.05) is 45.5 Å². The molecule has 4 nitrogen and oxygen atoms in total. The van der Waals surface area contributed by atoms with Gasteiger partial charge in [0.2, 0.25) is 0 Å². The summed E-state index contributed by atoms with van der Waals surface area (Å²) in [6.45, 7) is 9.81. The van der Waals surface area contributed by atoms with Crippen LogP contribution in [0.15, 0.2) is 24.3 Å². The van der Waals surface area contributed by atoms with Crippen LogP contribution in [0.25, 0.3) is 0 Å². The van der Waals surface area contributed by atoms with Gasteiger partial charge in [0.15, 0.2) is 0 Å². The molecule has 2 N–H and O–H groups in total. The monoisotopic (exact) mass is 277 g/mol. The summed E-state index contributed by atoms with van der Waals surface area (Å²) in [5.74, 6) is 0. The maximum Gasteiger partial charge on any atom is 0.0656 e. The Hall–Kier alpha value is -1.10. The zero-order valence-corrected chi connectivity index (χ0v) is 12.9. The van der Waals surface area contributed by atoms with Gasteiger partial charge in [-0.3, -0.25) is 4.90 Å². The van der Waals surface area contributed by atoms with E-state index in [2.05, 4.69) is 47.9 Å². The molecule has 112 valence electrons. The van der Waals surface area contributed by atoms with Gasteiger partial charge in [-0.2, -0.15) is 0 Å². The van der Waals surface area contributed by atoms with Gasteiger partial charge in [-0.1, -0.05) is 12.1 Å². The Labute approximate surface area is 122 Å². The molecule has 1 aromatic carbocycles. The fourth-order valence-corrected chi connectivity index (χ4v) is 2.92. The Morgan fingerprint density at radius 1 is 1.25 bits per heavy atom. The van der Waals surface area contributed by atoms with Crippen LogP contribution in [0.4, 0.5) is 5.69 Å². The van der Waals surface area contributed by atoms with Gasteiger partial charge in [0.1, 0.15) is 0 Å². The van der Waals surface area contributed by atoms with Crippen LogP contribution in [0.3, 0.4) is 0 Å². The van der Waals surface area contributed by atoms with Crippen molar-refractivity contribution in [3.05, 3.63) is 29.8 Å². The second-order valence-corrected chi connectivity index (χ2v) is 5.95. The maximum atomic E-state index is 5.95. The zero-order chi connectivity index (χ0) is 14.6. The van der Waals surface area contributed by atoms with Crippen molar-refractivity contribution < 1.29 is 4.74 Å². The fraction of sp³-hybridized carbons (Fsp3) is 0.625. The van der Waals surface area contributed by atoms with Crippen LogP contribution in [-0.2, 0) is 4.74 Å². The maximum absolute atomic E-state index is 5.95. The van der Waals surface area contributed by atoms with E-state index < -0.39 is 0 Å². The molecule has 1 aromatic rings. The van der Waals surface area contributed by atoms with Crippen LogP contribution < -0.4 is 10.6 Å². The number of hydrogen-bond acceptors (Lipinski definition) is 4. The van der Waals surface area contributed by atoms with Crippen molar-refractivity contribution in [1.82, 2.24) is 4.90 Å². The van der Waals surface area contributed by atoms with Crippen LogP contribution in [0.1, 0.15) is 12.5 Å². The van der Waals surface area contributed by atoms with Crippen molar-refractivity contribution in [3.63, 3.8) is 0 Å². The molecule has 0 aliphatic carbocycles. The molecule has 20 heavy (non-hydrogen) atoms. The van der Waals surface area contributed by atoms with Gasteiger partial charge in [0.25, 0.3) is 0 Å². The van der Waals surface area contributed by atoms with E-state index in [9.17, 15) is 0 Å². The first kappa shape index (κ1) is 15.3. The van der Waals surface area contributed by atoms with Gasteiger partial charge in [-0.05, 0) is 31.5 Å². The highest BCUT2D eigenvalue weighted by Crippen LogP contribution is 2.21. The summed E-state index contributed by atoms with van der Waals surface area (Å²) < 4.78 is 5.34. The van der Waals surface area contributed by atoms with Crippen molar-refractivity contribution >= 4 is 5.69 Å². The molecule has 1 saturated heterocycles. The molecule has 1 aliphatic heterocycles. The van der Waals surface area contributed by atoms with Crippen LogP contribution in [0.5, 0.6) is 0 Å². The second kappa shape index (κ2) is 6.57. The third-order valence-corrected chi connectivity index (χ3v) is 4.30. The molecule has 0 saturated carbocycles. The standard InChI is InChI=1S/C16H27N3O/c1-14-5-4-6-15(11-14)18-7-9-19(10-8-18)16(2,12-17)13-20-3/h4-6,11H,7-10,12-13,17H2,1-3H3. The van der Waals surface area contributed by atoms with Crippen molar-refractivity contribution in [3.8, 4) is 0 Å². The normalized spacial score (nSPS) is 19.9. The van der Waals surface area contributed by atoms with Crippen molar-refractivity contribution in [2.24, 2.45) is 5.73 Å². The molecule has 1 aliphatic rings. The average molecular weight is 277 g/mol. The first-order valence-electron chi connectivity index (χ1n) is 7.35. The van der Waals surface area contributed by atoms with Gasteiger partial charge >= 0.3 is 0 Å². The van der Waals surface area contributed by atoms with Crippen LogP contribution in [0, 0.1) is 6.92 Å². The Balaban J connectivity index is 1.98. The highest BCUT2D eigenvalue weighted by atomic mass is 16.5. The summed E-state index contributed by atoms with van der Waals surface area (Å²) in [5.41, 5.74) is 8.55. The molecule has 2 rings (SSSR count). The van der Waals surface area contributed by atoms with Crippen LogP contribution in [0.2, 0.25) is 0 Å². The molecular weight excluding hydrogens is 250 g/mol. The number of methoxy groups -OCH3 is 1. The number of hydrogen-bond donors (Lipinski definition) is 1. The van der Waals surface area contributed by atoms with E-state index in [0.29, 0.717) is 13.2 Å². The summed E-state index contributed by atoms with van der Waals surface area (Å²) in [6.07, 6.45) is 0. The molecule has 1 fully saturated rings. The Kier molecular flexibility index (Phi) is 5.02. The summed E-state index contributed by atoms with van der Waals surface area (Å²) in [5, 5.41) is 0. The first-order chi connectivity index (χ1) is 9.59. The Morgan fingerprint density at radius 2 is 1.95 bits per heavy atom. The minimum atomic E-state index is -0.0482. The summed E-state index contributed by atoms with van der Waals surface area (Å²) in [7, 11) is 1.75. The molecule has 0 amide bonds. The lowest BCUT2D eigenvalue weighted by Gasteiger charge is -2.45. The van der Waals surface area contributed by atoms with Gasteiger partial charge in [0.05, 0.1) is 12.1 Å². The van der Waals surface area contributed by atoms with Crippen molar-refractivity contribution in [2.75, 3.05) is 51.3 Å². The second-order valence-electron chi connectivity index (χ2n) is 5.95. The van der Waals surface area contributed by atoms with E-state index in [-0.39, 0.29) is 5.54 Å². The third-order valence-electron chi connectivity index (χ3n) is 4.30. The van der Waals surface area contributed by atoms with E-state index in [1.807, 2.05) is 0 Å². The van der Waals surface area contributed by atoms with Crippen LogP contribution in [-0.4, -0.2) is 56.9 Å². The number of rotatable bonds is 5. The lowest BCUT2D eigenvalue weighted by atomic mass is 10.00. The quantitative estimate of drug-likeness (QED) is 0.885. The van der Waals surface area contributed by atoms with E-state index in [4.69, 9.17) is 10.5 Å². The van der Waals surface area contributed by atoms with E-state index in [1.54, 1.807) is 7.11 Å². The molecule has 0 spiro atoms. The molecule has 1 heterocycles. The minimum Gasteiger partial charge on any atom is -0.383 e. The lowest BCUT2D eigenvalue weighted by molar-refractivity contribution is 0.0236. The van der Waals surface area contributed by atoms with Crippen molar-refractivity contribution in [1.29, 1.82) is 0 Å². The van der Waals surface area contributed by atoms with Crippen LogP contribution >= 0.6 is 0 Å². The third kappa shape index (κ3) is 3.32. The number of aryl methyl sites for hydroxylation is 1. The topological polar surface area (TPSA) is 41.7 Å². The average Bonchev–Trinajstić information content (AvgIpc) is 2.47. The minimum absolute atomic E-state index is 0.0482. The lowest BCUT2D eigenvalue weighted by Crippen LogP contribution is -2.60. The summed E-state index contributed by atoms with van der Waals surface area (Å²) >= 11 is 0. The van der Waals surface area contributed by atoms with Gasteiger partial charge in [-0.15, -0.1) is 0 Å². The summed E-state index contributed by atoms with van der Waals surface area (Å²) in [6, 6.07) is 8.72. The SMILES string of the molecule is COCC(C)(CN)N1CCN(c2cccc(C)c2)CC1. The molecule has 0 aromatic heterocycles. The Morgan fingerprint density at radius 3 is 2.50 bits per heavy atom. The highest BCUT2D eigenvalue weighted by molar-refractivity contribution is 5.48. The molecule has 4 heteroatoms. The number of ether oxygens (including phenoxy) is 1. The summed E-state index contributed by atoms with van der Waals surface area (Å²) in [4.78, 5) is 4.91. The van der Waals surface area contributed by atoms with Crippen molar-refractivity contribution in [2.45, 2.75) is 19.4 Å². The number of benzene rings is 1. The van der Waals surface area contributed by atoms with Gasteiger partial charge in [-0.25, -0.2) is 0 Å². The van der Waals surface area contributed by atoms with E-state index in [1.165, 1.54) is 11.3 Å². The Bertz CT molecular complexity index is 429. The number of piperazine rings is 1. The molecule has 0 bridgehead atoms. The number of anilines is 1.